The summed E-state index contributed by atoms with van der Waals surface area (Å²) in [6, 6.07) is 9.87. The summed E-state index contributed by atoms with van der Waals surface area (Å²) in [5.74, 6) is 0.261. The predicted molar refractivity (Wildman–Crippen MR) is 79.7 cm³/mol. The number of hydrogen-bond donors (Lipinski definition) is 0. The summed E-state index contributed by atoms with van der Waals surface area (Å²) in [5.41, 5.74) is 2.17. The highest BCUT2D eigenvalue weighted by Gasteiger charge is 2.04. The Morgan fingerprint density at radius 3 is 2.22 bits per heavy atom. The quantitative estimate of drug-likeness (QED) is 0.684. The highest BCUT2D eigenvalue weighted by molar-refractivity contribution is 5.83. The predicted octanol–water partition coefficient (Wildman–Crippen LogP) is 4.74. The second-order valence-electron chi connectivity index (χ2n) is 3.74. The topological polar surface area (TPSA) is 17.1 Å². The Bertz CT molecular complexity index is 385. The van der Waals surface area contributed by atoms with E-state index in [1.807, 2.05) is 76.3 Å². The first kappa shape index (κ1) is 16.4. The van der Waals surface area contributed by atoms with Crippen LogP contribution in [0.15, 0.2) is 54.1 Å². The van der Waals surface area contributed by atoms with E-state index in [0.717, 1.165) is 11.1 Å². The molecule has 98 valence electrons. The van der Waals surface area contributed by atoms with Crippen molar-refractivity contribution in [3.05, 3.63) is 59.7 Å². The zero-order valence-corrected chi connectivity index (χ0v) is 11.9. The molecule has 0 aliphatic carbocycles. The first-order chi connectivity index (χ1) is 8.76. The Balaban J connectivity index is 0.00000137. The van der Waals surface area contributed by atoms with Gasteiger partial charge in [-0.15, -0.1) is 0 Å². The lowest BCUT2D eigenvalue weighted by molar-refractivity contribution is -0.117. The average molecular weight is 244 g/mol. The molecule has 0 saturated carbocycles. The molecule has 0 aromatic heterocycles. The molecule has 0 fully saturated rings. The maximum absolute atomic E-state index is 11.8. The number of carbonyl (C=O) groups excluding carboxylic acids is 1. The number of benzene rings is 1. The molecule has 0 N–H and O–H groups in total. The van der Waals surface area contributed by atoms with E-state index in [0.29, 0.717) is 12.8 Å². The molecular formula is C17H24O. The lowest BCUT2D eigenvalue weighted by atomic mass is 10.0. The van der Waals surface area contributed by atoms with Crippen LogP contribution >= 0.6 is 0 Å². The number of carbonyl (C=O) groups is 1. The molecule has 0 unspecified atom stereocenters. The van der Waals surface area contributed by atoms with Crippen molar-refractivity contribution < 1.29 is 4.79 Å². The molecule has 0 saturated heterocycles. The van der Waals surface area contributed by atoms with Gasteiger partial charge in [-0.1, -0.05) is 62.4 Å². The van der Waals surface area contributed by atoms with Crippen LogP contribution in [0.25, 0.3) is 0 Å². The molecular weight excluding hydrogens is 220 g/mol. The zero-order valence-electron chi connectivity index (χ0n) is 11.9. The van der Waals surface area contributed by atoms with Crippen molar-refractivity contribution in [1.29, 1.82) is 0 Å². The molecule has 0 aliphatic rings. The largest absolute Gasteiger partial charge is 0.299 e. The van der Waals surface area contributed by atoms with Gasteiger partial charge in [0.25, 0.3) is 0 Å². The Labute approximate surface area is 111 Å². The Kier molecular flexibility index (Phi) is 9.57. The minimum atomic E-state index is 0.261. The molecule has 1 aromatic carbocycles. The molecule has 0 heterocycles. The minimum absolute atomic E-state index is 0.261. The summed E-state index contributed by atoms with van der Waals surface area (Å²) in [4.78, 5) is 11.8. The third-order valence-electron chi connectivity index (χ3n) is 2.40. The summed E-state index contributed by atoms with van der Waals surface area (Å²) >= 11 is 0. The zero-order chi connectivity index (χ0) is 13.8. The standard InChI is InChI=1S/C15H18O.C2H6/c1-3-8-13(4-2)11-15(16)12-14-9-6-5-7-10-14;1-2/h3-10H,11-12H2,1-2H3;1-2H3/b8-3-,13-4+;. The fourth-order valence-electron chi connectivity index (χ4n) is 1.58. The molecule has 18 heavy (non-hydrogen) atoms. The molecule has 1 nitrogen and oxygen atoms in total. The minimum Gasteiger partial charge on any atom is -0.299 e. The second kappa shape index (κ2) is 10.5. The van der Waals surface area contributed by atoms with E-state index in [2.05, 4.69) is 0 Å². The monoisotopic (exact) mass is 244 g/mol. The van der Waals surface area contributed by atoms with Crippen molar-refractivity contribution in [2.45, 2.75) is 40.5 Å². The Morgan fingerprint density at radius 1 is 1.11 bits per heavy atom. The fourth-order valence-corrected chi connectivity index (χ4v) is 1.58. The van der Waals surface area contributed by atoms with Crippen LogP contribution in [0.4, 0.5) is 0 Å². The van der Waals surface area contributed by atoms with Crippen LogP contribution < -0.4 is 0 Å². The Morgan fingerprint density at radius 2 is 1.72 bits per heavy atom. The average Bonchev–Trinajstić information content (AvgIpc) is 2.41. The molecule has 0 amide bonds. The van der Waals surface area contributed by atoms with E-state index in [1.165, 1.54) is 0 Å². The lowest BCUT2D eigenvalue weighted by Crippen LogP contribution is -2.03. The SMILES string of the molecule is C/C=C\C(=C/C)CC(=O)Cc1ccccc1.CC. The number of Topliss-reactive ketones (excluding diaryl/α,β-unsaturated/α-hetero) is 1. The van der Waals surface area contributed by atoms with E-state index in [-0.39, 0.29) is 5.78 Å². The maximum atomic E-state index is 11.8. The highest BCUT2D eigenvalue weighted by Crippen LogP contribution is 2.08. The van der Waals surface area contributed by atoms with Gasteiger partial charge in [0.15, 0.2) is 0 Å². The van der Waals surface area contributed by atoms with Crippen LogP contribution in [-0.4, -0.2) is 5.78 Å². The second-order valence-corrected chi connectivity index (χ2v) is 3.74. The normalized spacial score (nSPS) is 11.0. The molecule has 0 spiro atoms. The van der Waals surface area contributed by atoms with Crippen LogP contribution in [-0.2, 0) is 11.2 Å². The first-order valence-corrected chi connectivity index (χ1v) is 6.59. The molecule has 1 heteroatoms. The molecule has 0 aliphatic heterocycles. The van der Waals surface area contributed by atoms with E-state index in [4.69, 9.17) is 0 Å². The Hall–Kier alpha value is -1.63. The van der Waals surface area contributed by atoms with Gasteiger partial charge in [-0.25, -0.2) is 0 Å². The highest BCUT2D eigenvalue weighted by atomic mass is 16.1. The molecule has 0 bridgehead atoms. The van der Waals surface area contributed by atoms with Crippen LogP contribution in [0.1, 0.15) is 39.7 Å². The van der Waals surface area contributed by atoms with Gasteiger partial charge in [-0.3, -0.25) is 4.79 Å². The van der Waals surface area contributed by atoms with Gasteiger partial charge in [0, 0.05) is 12.8 Å². The third kappa shape index (κ3) is 6.85. The van der Waals surface area contributed by atoms with Crippen LogP contribution in [0, 0.1) is 0 Å². The third-order valence-corrected chi connectivity index (χ3v) is 2.40. The van der Waals surface area contributed by atoms with Crippen molar-refractivity contribution in [1.82, 2.24) is 0 Å². The van der Waals surface area contributed by atoms with Gasteiger partial charge in [0.2, 0.25) is 0 Å². The van der Waals surface area contributed by atoms with Crippen LogP contribution in [0.3, 0.4) is 0 Å². The summed E-state index contributed by atoms with van der Waals surface area (Å²) < 4.78 is 0. The molecule has 0 radical (unpaired) electrons. The smallest absolute Gasteiger partial charge is 0.141 e. The summed E-state index contributed by atoms with van der Waals surface area (Å²) in [6.45, 7) is 7.93. The molecule has 1 aromatic rings. The van der Waals surface area contributed by atoms with Crippen molar-refractivity contribution >= 4 is 5.78 Å². The van der Waals surface area contributed by atoms with Gasteiger partial charge in [0.1, 0.15) is 5.78 Å². The fraction of sp³-hybridized carbons (Fsp3) is 0.353. The summed E-state index contributed by atoms with van der Waals surface area (Å²) in [6.07, 6.45) is 6.99. The van der Waals surface area contributed by atoms with Gasteiger partial charge in [-0.2, -0.15) is 0 Å². The summed E-state index contributed by atoms with van der Waals surface area (Å²) in [7, 11) is 0. The number of rotatable bonds is 5. The number of hydrogen-bond acceptors (Lipinski definition) is 1. The molecule has 1 rings (SSSR count). The van der Waals surface area contributed by atoms with Gasteiger partial charge < -0.3 is 0 Å². The number of allylic oxidation sites excluding steroid dienone is 4. The van der Waals surface area contributed by atoms with E-state index < -0.39 is 0 Å². The maximum Gasteiger partial charge on any atom is 0.141 e. The lowest BCUT2D eigenvalue weighted by Gasteiger charge is -2.02. The van der Waals surface area contributed by atoms with Crippen molar-refractivity contribution in [3.63, 3.8) is 0 Å². The number of ketones is 1. The van der Waals surface area contributed by atoms with Gasteiger partial charge in [0.05, 0.1) is 0 Å². The van der Waals surface area contributed by atoms with Crippen LogP contribution in [0.2, 0.25) is 0 Å². The van der Waals surface area contributed by atoms with E-state index >= 15 is 0 Å². The van der Waals surface area contributed by atoms with E-state index in [9.17, 15) is 4.79 Å². The van der Waals surface area contributed by atoms with Gasteiger partial charge >= 0.3 is 0 Å². The van der Waals surface area contributed by atoms with Gasteiger partial charge in [-0.05, 0) is 25.0 Å². The molecule has 0 atom stereocenters. The summed E-state index contributed by atoms with van der Waals surface area (Å²) in [5, 5.41) is 0. The first-order valence-electron chi connectivity index (χ1n) is 6.59. The van der Waals surface area contributed by atoms with Crippen molar-refractivity contribution in [2.75, 3.05) is 0 Å². The van der Waals surface area contributed by atoms with Crippen LogP contribution in [0.5, 0.6) is 0 Å². The van der Waals surface area contributed by atoms with Crippen molar-refractivity contribution in [2.24, 2.45) is 0 Å². The van der Waals surface area contributed by atoms with E-state index in [1.54, 1.807) is 0 Å². The van der Waals surface area contributed by atoms with Crippen molar-refractivity contribution in [3.8, 4) is 0 Å².